The molecule has 0 spiro atoms. The van der Waals surface area contributed by atoms with Crippen molar-refractivity contribution in [3.8, 4) is 0 Å². The first kappa shape index (κ1) is 15.8. The lowest BCUT2D eigenvalue weighted by molar-refractivity contribution is -0.996. The highest BCUT2D eigenvalue weighted by molar-refractivity contribution is 6.24. The molecule has 16 heavy (non-hydrogen) atoms. The second kappa shape index (κ2) is 4.96. The van der Waals surface area contributed by atoms with E-state index in [0.29, 0.717) is 9.72 Å². The van der Waals surface area contributed by atoms with E-state index in [1.165, 1.54) is 0 Å². The maximum absolute atomic E-state index is 11.8. The molecule has 0 aromatic rings. The van der Waals surface area contributed by atoms with E-state index in [-0.39, 0.29) is 0 Å². The van der Waals surface area contributed by atoms with Gasteiger partial charge >= 0.3 is 0 Å². The summed E-state index contributed by atoms with van der Waals surface area (Å²) < 4.78 is 0. The standard InChI is InChI=1S/C10H20Cl2N2O2/c1-7(9(3,4)11)13(15)14(16)8(2)10(5,6)12/h7-8H,1-6H3/b14-13+. The molecule has 0 aliphatic carbocycles. The lowest BCUT2D eigenvalue weighted by Crippen LogP contribution is -2.45. The van der Waals surface area contributed by atoms with Crippen molar-refractivity contribution in [3.63, 3.8) is 0 Å². The maximum Gasteiger partial charge on any atom is 0.244 e. The molecule has 0 heterocycles. The summed E-state index contributed by atoms with van der Waals surface area (Å²) in [6.07, 6.45) is 0. The molecule has 0 rings (SSSR count). The second-order valence-electron chi connectivity index (χ2n) is 5.09. The highest BCUT2D eigenvalue weighted by Gasteiger charge is 2.39. The molecule has 0 saturated carbocycles. The number of hydrogen-bond donors (Lipinski definition) is 0. The van der Waals surface area contributed by atoms with Gasteiger partial charge in [0.2, 0.25) is 12.1 Å². The summed E-state index contributed by atoms with van der Waals surface area (Å²) >= 11 is 12.0. The van der Waals surface area contributed by atoms with Crippen molar-refractivity contribution < 1.29 is 9.72 Å². The average Bonchev–Trinajstić information content (AvgIpc) is 2.10. The number of hydroxylamine groups is 2. The molecule has 0 N–H and O–H groups in total. The minimum atomic E-state index is -0.777. The fourth-order valence-corrected chi connectivity index (χ4v) is 1.03. The number of nitrogens with zero attached hydrogens (tertiary/aromatic N) is 2. The number of azo groups is 1. The van der Waals surface area contributed by atoms with E-state index in [4.69, 9.17) is 23.2 Å². The van der Waals surface area contributed by atoms with E-state index in [9.17, 15) is 10.4 Å². The van der Waals surface area contributed by atoms with Crippen LogP contribution in [0.2, 0.25) is 0 Å². The molecule has 2 unspecified atom stereocenters. The minimum Gasteiger partial charge on any atom is -0.567 e. The fraction of sp³-hybridized carbons (Fsp3) is 1.00. The van der Waals surface area contributed by atoms with Crippen molar-refractivity contribution in [2.24, 2.45) is 0 Å². The Morgan fingerprint density at radius 1 is 0.812 bits per heavy atom. The summed E-state index contributed by atoms with van der Waals surface area (Å²) in [6, 6.07) is -1.26. The zero-order chi connectivity index (χ0) is 13.3. The molecule has 96 valence electrons. The summed E-state index contributed by atoms with van der Waals surface area (Å²) in [7, 11) is 0. The van der Waals surface area contributed by atoms with Gasteiger partial charge in [-0.1, -0.05) is 0 Å². The number of hydrogen-bond acceptors (Lipinski definition) is 2. The third-order valence-electron chi connectivity index (χ3n) is 2.84. The summed E-state index contributed by atoms with van der Waals surface area (Å²) in [4.78, 5) is -0.856. The van der Waals surface area contributed by atoms with Gasteiger partial charge in [0.15, 0.2) is 0 Å². The second-order valence-corrected chi connectivity index (χ2v) is 7.03. The molecule has 0 aliphatic rings. The zero-order valence-corrected chi connectivity index (χ0v) is 12.1. The fourth-order valence-electron chi connectivity index (χ4n) is 0.867. The van der Waals surface area contributed by atoms with Crippen LogP contribution in [0.25, 0.3) is 0 Å². The van der Waals surface area contributed by atoms with E-state index < -0.39 is 21.8 Å². The quantitative estimate of drug-likeness (QED) is 0.341. The van der Waals surface area contributed by atoms with Crippen LogP contribution < -0.4 is 0 Å². The minimum absolute atomic E-state index is 0.349. The SMILES string of the molecule is CC(/[N+]([O-])=[N+](\[O-])C(C)C(C)(C)Cl)C(C)(C)Cl. The zero-order valence-electron chi connectivity index (χ0n) is 10.6. The van der Waals surface area contributed by atoms with E-state index in [0.717, 1.165) is 0 Å². The summed E-state index contributed by atoms with van der Waals surface area (Å²) in [5, 5.41) is 23.5. The van der Waals surface area contributed by atoms with Crippen molar-refractivity contribution in [2.75, 3.05) is 0 Å². The van der Waals surface area contributed by atoms with Crippen molar-refractivity contribution in [1.82, 2.24) is 0 Å². The molecule has 0 fully saturated rings. The Morgan fingerprint density at radius 3 is 1.12 bits per heavy atom. The van der Waals surface area contributed by atoms with Gasteiger partial charge in [0.25, 0.3) is 0 Å². The van der Waals surface area contributed by atoms with Gasteiger partial charge in [0.1, 0.15) is 9.75 Å². The Bertz CT molecular complexity index is 252. The largest absolute Gasteiger partial charge is 0.567 e. The summed E-state index contributed by atoms with van der Waals surface area (Å²) in [5.41, 5.74) is 0. The Hall–Kier alpha value is -0.220. The molecule has 0 amide bonds. The van der Waals surface area contributed by atoms with Gasteiger partial charge in [0.05, 0.1) is 0 Å². The van der Waals surface area contributed by atoms with Crippen LogP contribution in [-0.2, 0) is 0 Å². The van der Waals surface area contributed by atoms with Gasteiger partial charge in [-0.2, -0.15) is 0 Å². The van der Waals surface area contributed by atoms with Gasteiger partial charge in [-0.05, 0) is 27.7 Å². The molecule has 0 aromatic carbocycles. The van der Waals surface area contributed by atoms with Crippen LogP contribution in [0.15, 0.2) is 0 Å². The summed E-state index contributed by atoms with van der Waals surface area (Å²) in [6.45, 7) is 9.98. The molecule has 2 atom stereocenters. The highest BCUT2D eigenvalue weighted by Crippen LogP contribution is 2.23. The average molecular weight is 271 g/mol. The van der Waals surface area contributed by atoms with Crippen LogP contribution >= 0.6 is 23.2 Å². The molecule has 0 aromatic heterocycles. The summed E-state index contributed by atoms with van der Waals surface area (Å²) in [5.74, 6) is 0. The third kappa shape index (κ3) is 3.98. The molecule has 0 aliphatic heterocycles. The molecular weight excluding hydrogens is 251 g/mol. The van der Waals surface area contributed by atoms with Gasteiger partial charge in [-0.15, -0.1) is 23.2 Å². The number of rotatable bonds is 4. The van der Waals surface area contributed by atoms with Crippen LogP contribution in [0.3, 0.4) is 0 Å². The van der Waals surface area contributed by atoms with Crippen LogP contribution in [-0.4, -0.2) is 31.6 Å². The molecule has 4 nitrogen and oxygen atoms in total. The predicted molar refractivity (Wildman–Crippen MR) is 66.0 cm³/mol. The Balaban J connectivity index is 5.12. The predicted octanol–water partition coefficient (Wildman–Crippen LogP) is 3.27. The van der Waals surface area contributed by atoms with Gasteiger partial charge in [0, 0.05) is 23.6 Å². The van der Waals surface area contributed by atoms with E-state index in [1.807, 2.05) is 0 Å². The molecule has 0 radical (unpaired) electrons. The van der Waals surface area contributed by atoms with E-state index in [1.54, 1.807) is 41.5 Å². The first-order valence-electron chi connectivity index (χ1n) is 5.19. The van der Waals surface area contributed by atoms with Crippen LogP contribution in [0.5, 0.6) is 0 Å². The number of alkyl halides is 2. The lowest BCUT2D eigenvalue weighted by atomic mass is 10.1. The first-order chi connectivity index (χ1) is 6.89. The Labute approximate surface area is 107 Å². The number of halogens is 2. The Morgan fingerprint density at radius 2 is 1.00 bits per heavy atom. The first-order valence-corrected chi connectivity index (χ1v) is 5.95. The molecule has 0 saturated heterocycles. The Kier molecular flexibility index (Phi) is 4.89. The molecular formula is C10H20Cl2N2O2. The van der Waals surface area contributed by atoms with E-state index in [2.05, 4.69) is 0 Å². The third-order valence-corrected chi connectivity index (χ3v) is 3.48. The normalized spacial score (nSPS) is 19.0. The monoisotopic (exact) mass is 270 g/mol. The van der Waals surface area contributed by atoms with E-state index >= 15 is 0 Å². The maximum atomic E-state index is 11.8. The van der Waals surface area contributed by atoms with Crippen LogP contribution in [0, 0.1) is 10.4 Å². The van der Waals surface area contributed by atoms with Crippen molar-refractivity contribution in [1.29, 1.82) is 0 Å². The van der Waals surface area contributed by atoms with Crippen LogP contribution in [0.4, 0.5) is 0 Å². The van der Waals surface area contributed by atoms with Crippen molar-refractivity contribution in [2.45, 2.75) is 63.4 Å². The van der Waals surface area contributed by atoms with Crippen molar-refractivity contribution in [3.05, 3.63) is 10.4 Å². The molecule has 0 bridgehead atoms. The van der Waals surface area contributed by atoms with Crippen molar-refractivity contribution >= 4 is 23.2 Å². The highest BCUT2D eigenvalue weighted by atomic mass is 35.5. The van der Waals surface area contributed by atoms with Gasteiger partial charge in [-0.3, -0.25) is 0 Å². The van der Waals surface area contributed by atoms with Gasteiger partial charge < -0.3 is 10.4 Å². The lowest BCUT2D eigenvalue weighted by Gasteiger charge is -2.24. The van der Waals surface area contributed by atoms with Crippen LogP contribution in [0.1, 0.15) is 41.5 Å². The smallest absolute Gasteiger partial charge is 0.244 e. The molecule has 6 heteroatoms. The van der Waals surface area contributed by atoms with Gasteiger partial charge in [-0.25, -0.2) is 0 Å². The topological polar surface area (TPSA) is 52.1 Å².